The lowest BCUT2D eigenvalue weighted by Crippen LogP contribution is -2.47. The molecule has 1 saturated heterocycles. The second-order valence-corrected chi connectivity index (χ2v) is 5.11. The van der Waals surface area contributed by atoms with Crippen molar-refractivity contribution >= 4 is 17.9 Å². The molecular weight excluding hydrogens is 282 g/mol. The molecule has 22 heavy (non-hydrogen) atoms. The summed E-state index contributed by atoms with van der Waals surface area (Å²) in [7, 11) is 3.52. The van der Waals surface area contributed by atoms with Gasteiger partial charge in [0.25, 0.3) is 0 Å². The lowest BCUT2D eigenvalue weighted by molar-refractivity contribution is 0.108. The highest BCUT2D eigenvalue weighted by Crippen LogP contribution is 2.19. The van der Waals surface area contributed by atoms with E-state index in [1.54, 1.807) is 19.5 Å². The van der Waals surface area contributed by atoms with E-state index < -0.39 is 0 Å². The molecule has 7 heteroatoms. The molecule has 0 atom stereocenters. The standard InChI is InChI=1S/C15H23N5O2/c1-4-17-18-15(20-9-7-13(21)8-10-20)19(2)12-5-6-14(22-3)16-11-12/h4-6,11,13,21H,7-10H2,1-3H3/b17-4+,18-15+. The summed E-state index contributed by atoms with van der Waals surface area (Å²) in [5, 5.41) is 18.0. The van der Waals surface area contributed by atoms with Crippen molar-refractivity contribution in [2.45, 2.75) is 25.9 Å². The van der Waals surface area contributed by atoms with Crippen molar-refractivity contribution < 1.29 is 9.84 Å². The summed E-state index contributed by atoms with van der Waals surface area (Å²) in [6, 6.07) is 3.74. The predicted molar refractivity (Wildman–Crippen MR) is 87.6 cm³/mol. The van der Waals surface area contributed by atoms with E-state index in [-0.39, 0.29) is 6.10 Å². The van der Waals surface area contributed by atoms with Crippen LogP contribution in [0, 0.1) is 0 Å². The molecule has 0 unspecified atom stereocenters. The van der Waals surface area contributed by atoms with Gasteiger partial charge in [-0.3, -0.25) is 0 Å². The first-order chi connectivity index (χ1) is 10.7. The molecule has 0 bridgehead atoms. The lowest BCUT2D eigenvalue weighted by atomic mass is 10.1. The van der Waals surface area contributed by atoms with Gasteiger partial charge in [-0.1, -0.05) is 0 Å². The number of pyridine rings is 1. The molecule has 1 N–H and O–H groups in total. The number of ether oxygens (including phenoxy) is 1. The Bertz CT molecular complexity index is 521. The average molecular weight is 305 g/mol. The second kappa shape index (κ2) is 7.74. The maximum absolute atomic E-state index is 9.66. The highest BCUT2D eigenvalue weighted by Gasteiger charge is 2.23. The molecule has 1 aromatic heterocycles. The van der Waals surface area contributed by atoms with Crippen LogP contribution in [0.4, 0.5) is 5.69 Å². The van der Waals surface area contributed by atoms with Crippen LogP contribution >= 0.6 is 0 Å². The lowest BCUT2D eigenvalue weighted by Gasteiger charge is -2.35. The van der Waals surface area contributed by atoms with E-state index in [2.05, 4.69) is 20.1 Å². The summed E-state index contributed by atoms with van der Waals surface area (Å²) in [4.78, 5) is 8.29. The summed E-state index contributed by atoms with van der Waals surface area (Å²) in [6.07, 6.45) is 4.65. The number of hydrogen-bond acceptors (Lipinski definition) is 5. The van der Waals surface area contributed by atoms with Crippen LogP contribution in [0.2, 0.25) is 0 Å². The molecule has 0 amide bonds. The van der Waals surface area contributed by atoms with E-state index >= 15 is 0 Å². The maximum Gasteiger partial charge on any atom is 0.225 e. The van der Waals surface area contributed by atoms with E-state index in [1.807, 2.05) is 31.0 Å². The highest BCUT2D eigenvalue weighted by atomic mass is 16.5. The quantitative estimate of drug-likeness (QED) is 0.518. The average Bonchev–Trinajstić information content (AvgIpc) is 2.56. The zero-order chi connectivity index (χ0) is 15.9. The number of likely N-dealkylation sites (tertiary alicyclic amines) is 1. The zero-order valence-corrected chi connectivity index (χ0v) is 13.3. The number of methoxy groups -OCH3 is 1. The van der Waals surface area contributed by atoms with Crippen LogP contribution in [0.5, 0.6) is 5.88 Å². The Kier molecular flexibility index (Phi) is 5.71. The number of piperidine rings is 1. The van der Waals surface area contributed by atoms with Gasteiger partial charge >= 0.3 is 0 Å². The van der Waals surface area contributed by atoms with Gasteiger partial charge in [-0.05, 0) is 25.8 Å². The van der Waals surface area contributed by atoms with E-state index in [0.29, 0.717) is 5.88 Å². The fraction of sp³-hybridized carbons (Fsp3) is 0.533. The molecule has 0 saturated carbocycles. The predicted octanol–water partition coefficient (Wildman–Crippen LogP) is 1.34. The number of rotatable bonds is 3. The Morgan fingerprint density at radius 1 is 1.45 bits per heavy atom. The fourth-order valence-electron chi connectivity index (χ4n) is 2.32. The van der Waals surface area contributed by atoms with Crippen LogP contribution in [0.25, 0.3) is 0 Å². The number of hydrogen-bond donors (Lipinski definition) is 1. The first-order valence-electron chi connectivity index (χ1n) is 7.38. The van der Waals surface area contributed by atoms with Gasteiger partial charge in [0.2, 0.25) is 11.8 Å². The Labute approximate surface area is 130 Å². The molecule has 1 aliphatic heterocycles. The maximum atomic E-state index is 9.66. The summed E-state index contributed by atoms with van der Waals surface area (Å²) < 4.78 is 5.08. The van der Waals surface area contributed by atoms with E-state index in [1.165, 1.54) is 0 Å². The fourth-order valence-corrected chi connectivity index (χ4v) is 2.32. The van der Waals surface area contributed by atoms with Crippen LogP contribution < -0.4 is 9.64 Å². The molecule has 7 nitrogen and oxygen atoms in total. The van der Waals surface area contributed by atoms with Gasteiger partial charge in [0, 0.05) is 32.4 Å². The van der Waals surface area contributed by atoms with Crippen molar-refractivity contribution in [2.24, 2.45) is 10.2 Å². The van der Waals surface area contributed by atoms with Gasteiger partial charge in [-0.25, -0.2) is 4.98 Å². The topological polar surface area (TPSA) is 73.5 Å². The highest BCUT2D eigenvalue weighted by molar-refractivity contribution is 5.95. The normalized spacial score (nSPS) is 17.1. The van der Waals surface area contributed by atoms with Crippen LogP contribution in [0.1, 0.15) is 19.8 Å². The van der Waals surface area contributed by atoms with Crippen molar-refractivity contribution in [3.63, 3.8) is 0 Å². The SMILES string of the molecule is C/C=N/N=C(/N1CCC(O)CC1)N(C)c1ccc(OC)nc1. The van der Waals surface area contributed by atoms with Crippen LogP contribution in [-0.2, 0) is 0 Å². The summed E-state index contributed by atoms with van der Waals surface area (Å²) >= 11 is 0. The second-order valence-electron chi connectivity index (χ2n) is 5.11. The minimum Gasteiger partial charge on any atom is -0.481 e. The number of aliphatic hydroxyl groups is 1. The molecule has 120 valence electrons. The minimum absolute atomic E-state index is 0.222. The molecule has 2 rings (SSSR count). The third-order valence-electron chi connectivity index (χ3n) is 3.63. The van der Waals surface area contributed by atoms with Gasteiger partial charge < -0.3 is 19.6 Å². The number of aromatic nitrogens is 1. The van der Waals surface area contributed by atoms with Crippen LogP contribution in [-0.4, -0.2) is 60.5 Å². The van der Waals surface area contributed by atoms with Crippen LogP contribution in [0.3, 0.4) is 0 Å². The third kappa shape index (κ3) is 3.94. The zero-order valence-electron chi connectivity index (χ0n) is 13.3. The molecule has 0 aliphatic carbocycles. The van der Waals surface area contributed by atoms with Crippen molar-refractivity contribution in [3.05, 3.63) is 18.3 Å². The molecular formula is C15H23N5O2. The van der Waals surface area contributed by atoms with Gasteiger partial charge in [0.05, 0.1) is 25.1 Å². The molecule has 1 aliphatic rings. The Balaban J connectivity index is 2.20. The van der Waals surface area contributed by atoms with Crippen molar-refractivity contribution in [3.8, 4) is 5.88 Å². The van der Waals surface area contributed by atoms with Crippen molar-refractivity contribution in [1.29, 1.82) is 0 Å². The molecule has 0 aromatic carbocycles. The summed E-state index contributed by atoms with van der Waals surface area (Å²) in [5.74, 6) is 1.32. The van der Waals surface area contributed by atoms with E-state index in [4.69, 9.17) is 4.74 Å². The van der Waals surface area contributed by atoms with E-state index in [9.17, 15) is 5.11 Å². The van der Waals surface area contributed by atoms with Gasteiger partial charge in [0.1, 0.15) is 0 Å². The number of aliphatic hydroxyl groups excluding tert-OH is 1. The van der Waals surface area contributed by atoms with Gasteiger partial charge in [-0.15, -0.1) is 5.10 Å². The number of anilines is 1. The molecule has 1 aromatic rings. The smallest absolute Gasteiger partial charge is 0.225 e. The largest absolute Gasteiger partial charge is 0.481 e. The Morgan fingerprint density at radius 3 is 2.73 bits per heavy atom. The molecule has 1 fully saturated rings. The summed E-state index contributed by atoms with van der Waals surface area (Å²) in [5.41, 5.74) is 0.900. The van der Waals surface area contributed by atoms with Gasteiger partial charge in [0.15, 0.2) is 0 Å². The first-order valence-corrected chi connectivity index (χ1v) is 7.38. The molecule has 2 heterocycles. The van der Waals surface area contributed by atoms with E-state index in [0.717, 1.165) is 37.6 Å². The van der Waals surface area contributed by atoms with Crippen molar-refractivity contribution in [2.75, 3.05) is 32.1 Å². The number of guanidine groups is 1. The Morgan fingerprint density at radius 2 is 2.18 bits per heavy atom. The third-order valence-corrected chi connectivity index (χ3v) is 3.63. The molecule has 0 radical (unpaired) electrons. The molecule has 0 spiro atoms. The van der Waals surface area contributed by atoms with Crippen molar-refractivity contribution in [1.82, 2.24) is 9.88 Å². The minimum atomic E-state index is -0.222. The Hall–Kier alpha value is -2.15. The number of nitrogens with zero attached hydrogens (tertiary/aromatic N) is 5. The monoisotopic (exact) mass is 305 g/mol. The first kappa shape index (κ1) is 16.2. The van der Waals surface area contributed by atoms with Crippen LogP contribution in [0.15, 0.2) is 28.5 Å². The van der Waals surface area contributed by atoms with Gasteiger partial charge in [-0.2, -0.15) is 5.10 Å². The summed E-state index contributed by atoms with van der Waals surface area (Å²) in [6.45, 7) is 3.34.